The number of hydrogen-bond donors (Lipinski definition) is 1. The minimum absolute atomic E-state index is 0.0454. The van der Waals surface area contributed by atoms with Gasteiger partial charge in [-0.1, -0.05) is 24.3 Å². The standard InChI is InChI=1S/C31H27F3N4O2/c1-37(2)27-8-5-7-25(29(27)20-9-11-22(12-10-20)31(32,33)34)30(40)36-24-13-14-26-21(18-24)15-17-38(26)28(39)19-23-6-3-4-16-35-23/h3-14,16,18H,15,17,19H2,1-2H3,(H,36,40). The van der Waals surface area contributed by atoms with Crippen molar-refractivity contribution in [3.05, 3.63) is 107 Å². The third kappa shape index (κ3) is 5.54. The molecule has 5 rings (SSSR count). The van der Waals surface area contributed by atoms with Gasteiger partial charge >= 0.3 is 6.18 Å². The molecule has 0 atom stereocenters. The quantitative estimate of drug-likeness (QED) is 0.313. The molecule has 0 bridgehead atoms. The van der Waals surface area contributed by atoms with Crippen LogP contribution < -0.4 is 15.1 Å². The highest BCUT2D eigenvalue weighted by atomic mass is 19.4. The molecule has 0 fully saturated rings. The van der Waals surface area contributed by atoms with Crippen LogP contribution in [-0.4, -0.2) is 37.4 Å². The highest BCUT2D eigenvalue weighted by Gasteiger charge is 2.30. The predicted molar refractivity (Wildman–Crippen MR) is 150 cm³/mol. The number of halogens is 3. The Morgan fingerprint density at radius 1 is 0.975 bits per heavy atom. The van der Waals surface area contributed by atoms with Crippen LogP contribution in [0.5, 0.6) is 0 Å². The molecule has 1 N–H and O–H groups in total. The lowest BCUT2D eigenvalue weighted by atomic mass is 9.95. The number of aromatic nitrogens is 1. The number of carbonyl (C=O) groups is 2. The fourth-order valence-electron chi connectivity index (χ4n) is 4.92. The second-order valence-corrected chi connectivity index (χ2v) is 9.76. The van der Waals surface area contributed by atoms with Crippen molar-refractivity contribution >= 4 is 28.9 Å². The van der Waals surface area contributed by atoms with E-state index in [1.165, 1.54) is 12.1 Å². The third-order valence-electron chi connectivity index (χ3n) is 6.86. The fraction of sp³-hybridized carbons (Fsp3) is 0.194. The van der Waals surface area contributed by atoms with Crippen molar-refractivity contribution in [2.45, 2.75) is 19.0 Å². The van der Waals surface area contributed by atoms with Gasteiger partial charge in [0.15, 0.2) is 0 Å². The fourth-order valence-corrected chi connectivity index (χ4v) is 4.92. The minimum atomic E-state index is -4.45. The predicted octanol–water partition coefficient (Wildman–Crippen LogP) is 6.22. The smallest absolute Gasteiger partial charge is 0.377 e. The zero-order chi connectivity index (χ0) is 28.4. The molecular formula is C31H27F3N4O2. The lowest BCUT2D eigenvalue weighted by Gasteiger charge is -2.21. The van der Waals surface area contributed by atoms with Crippen LogP contribution in [0.3, 0.4) is 0 Å². The average molecular weight is 545 g/mol. The molecule has 6 nitrogen and oxygen atoms in total. The first kappa shape index (κ1) is 26.9. The number of anilines is 3. The van der Waals surface area contributed by atoms with E-state index in [9.17, 15) is 22.8 Å². The molecular weight excluding hydrogens is 517 g/mol. The van der Waals surface area contributed by atoms with Crippen molar-refractivity contribution in [1.82, 2.24) is 4.98 Å². The Hall–Kier alpha value is -4.66. The Morgan fingerprint density at radius 2 is 1.75 bits per heavy atom. The van der Waals surface area contributed by atoms with Gasteiger partial charge in [-0.15, -0.1) is 0 Å². The highest BCUT2D eigenvalue weighted by molar-refractivity contribution is 6.11. The Morgan fingerprint density at radius 3 is 2.42 bits per heavy atom. The number of carbonyl (C=O) groups excluding carboxylic acids is 2. The number of rotatable bonds is 6. The summed E-state index contributed by atoms with van der Waals surface area (Å²) in [5.74, 6) is -0.435. The summed E-state index contributed by atoms with van der Waals surface area (Å²) in [6.07, 6.45) is -1.94. The van der Waals surface area contributed by atoms with Crippen LogP contribution in [-0.2, 0) is 23.8 Å². The molecule has 0 unspecified atom stereocenters. The summed E-state index contributed by atoms with van der Waals surface area (Å²) in [6.45, 7) is 0.543. The largest absolute Gasteiger partial charge is 0.416 e. The molecule has 0 saturated heterocycles. The van der Waals surface area contributed by atoms with Gasteiger partial charge in [-0.05, 0) is 72.1 Å². The first-order valence-electron chi connectivity index (χ1n) is 12.7. The van der Waals surface area contributed by atoms with Gasteiger partial charge in [0.25, 0.3) is 5.91 Å². The molecule has 9 heteroatoms. The normalized spacial score (nSPS) is 12.7. The number of alkyl halides is 3. The molecule has 1 aromatic heterocycles. The van der Waals surface area contributed by atoms with Gasteiger partial charge in [-0.3, -0.25) is 14.6 Å². The van der Waals surface area contributed by atoms with Crippen LogP contribution in [0.25, 0.3) is 11.1 Å². The van der Waals surface area contributed by atoms with Gasteiger partial charge < -0.3 is 15.1 Å². The second kappa shape index (κ2) is 10.8. The van der Waals surface area contributed by atoms with Crippen molar-refractivity contribution in [2.24, 2.45) is 0 Å². The van der Waals surface area contributed by atoms with Crippen molar-refractivity contribution in [2.75, 3.05) is 35.8 Å². The topological polar surface area (TPSA) is 65.5 Å². The molecule has 1 aliphatic heterocycles. The summed E-state index contributed by atoms with van der Waals surface area (Å²) in [6, 6.07) is 20.9. The van der Waals surface area contributed by atoms with Gasteiger partial charge in [0.2, 0.25) is 5.91 Å². The van der Waals surface area contributed by atoms with E-state index in [2.05, 4.69) is 10.3 Å². The summed E-state index contributed by atoms with van der Waals surface area (Å²) in [5, 5.41) is 2.93. The highest BCUT2D eigenvalue weighted by Crippen LogP contribution is 2.37. The number of benzene rings is 3. The zero-order valence-corrected chi connectivity index (χ0v) is 22.0. The molecule has 0 aliphatic carbocycles. The van der Waals surface area contributed by atoms with Crippen LogP contribution in [0.15, 0.2) is 85.1 Å². The van der Waals surface area contributed by atoms with E-state index in [4.69, 9.17) is 0 Å². The second-order valence-electron chi connectivity index (χ2n) is 9.76. The summed E-state index contributed by atoms with van der Waals surface area (Å²) in [5.41, 5.74) is 4.32. The number of amides is 2. The Labute approximate surface area is 230 Å². The number of fused-ring (bicyclic) bond motifs is 1. The van der Waals surface area contributed by atoms with Crippen molar-refractivity contribution in [3.63, 3.8) is 0 Å². The van der Waals surface area contributed by atoms with E-state index < -0.39 is 11.7 Å². The average Bonchev–Trinajstić information content (AvgIpc) is 3.36. The SMILES string of the molecule is CN(C)c1cccc(C(=O)Nc2ccc3c(c2)CCN3C(=O)Cc2ccccn2)c1-c1ccc(C(F)(F)F)cc1. The Bertz CT molecular complexity index is 1550. The molecule has 204 valence electrons. The number of nitrogens with zero attached hydrogens (tertiary/aromatic N) is 3. The lowest BCUT2D eigenvalue weighted by molar-refractivity contribution is -0.137. The number of hydrogen-bond acceptors (Lipinski definition) is 4. The zero-order valence-electron chi connectivity index (χ0n) is 22.0. The van der Waals surface area contributed by atoms with Gasteiger partial charge in [-0.25, -0.2) is 0 Å². The van der Waals surface area contributed by atoms with Gasteiger partial charge in [0.1, 0.15) is 0 Å². The number of nitrogens with one attached hydrogen (secondary N) is 1. The maximum Gasteiger partial charge on any atom is 0.416 e. The summed E-state index contributed by atoms with van der Waals surface area (Å²) < 4.78 is 39.4. The molecule has 2 amide bonds. The van der Waals surface area contributed by atoms with Crippen LogP contribution >= 0.6 is 0 Å². The Kier molecular flexibility index (Phi) is 7.30. The van der Waals surface area contributed by atoms with E-state index in [0.717, 1.165) is 23.4 Å². The van der Waals surface area contributed by atoms with Crippen LogP contribution in [0.2, 0.25) is 0 Å². The molecule has 2 heterocycles. The van der Waals surface area contributed by atoms with Gasteiger partial charge in [0, 0.05) is 60.7 Å². The first-order chi connectivity index (χ1) is 19.1. The van der Waals surface area contributed by atoms with E-state index in [0.29, 0.717) is 46.7 Å². The van der Waals surface area contributed by atoms with E-state index in [-0.39, 0.29) is 18.2 Å². The van der Waals surface area contributed by atoms with Crippen LogP contribution in [0.4, 0.5) is 30.2 Å². The molecule has 0 spiro atoms. The molecule has 4 aromatic rings. The van der Waals surface area contributed by atoms with Crippen molar-refractivity contribution in [1.29, 1.82) is 0 Å². The Balaban J connectivity index is 1.39. The van der Waals surface area contributed by atoms with Crippen LogP contribution in [0, 0.1) is 0 Å². The first-order valence-corrected chi connectivity index (χ1v) is 12.7. The monoisotopic (exact) mass is 544 g/mol. The third-order valence-corrected chi connectivity index (χ3v) is 6.86. The summed E-state index contributed by atoms with van der Waals surface area (Å²) >= 11 is 0. The molecule has 3 aromatic carbocycles. The van der Waals surface area contributed by atoms with Crippen molar-refractivity contribution < 1.29 is 22.8 Å². The van der Waals surface area contributed by atoms with Gasteiger partial charge in [0.05, 0.1) is 12.0 Å². The molecule has 1 aliphatic rings. The van der Waals surface area contributed by atoms with Gasteiger partial charge in [-0.2, -0.15) is 13.2 Å². The maximum absolute atomic E-state index is 13.5. The van der Waals surface area contributed by atoms with Crippen LogP contribution in [0.1, 0.15) is 27.2 Å². The maximum atomic E-state index is 13.5. The van der Waals surface area contributed by atoms with E-state index in [1.807, 2.05) is 49.3 Å². The molecule has 0 radical (unpaired) electrons. The lowest BCUT2D eigenvalue weighted by Crippen LogP contribution is -2.30. The van der Waals surface area contributed by atoms with E-state index >= 15 is 0 Å². The summed E-state index contributed by atoms with van der Waals surface area (Å²) in [7, 11) is 3.62. The number of pyridine rings is 1. The minimum Gasteiger partial charge on any atom is -0.377 e. The van der Waals surface area contributed by atoms with E-state index in [1.54, 1.807) is 35.4 Å². The summed E-state index contributed by atoms with van der Waals surface area (Å²) in [4.78, 5) is 34.2. The van der Waals surface area contributed by atoms with Crippen molar-refractivity contribution in [3.8, 4) is 11.1 Å². The molecule has 0 saturated carbocycles. The molecule has 40 heavy (non-hydrogen) atoms.